The Kier molecular flexibility index (Phi) is 2.68. The molecule has 2 aromatic rings. The second-order valence-electron chi connectivity index (χ2n) is 4.25. The van der Waals surface area contributed by atoms with E-state index in [2.05, 4.69) is 15.6 Å². The van der Waals surface area contributed by atoms with Crippen LogP contribution >= 0.6 is 0 Å². The zero-order chi connectivity index (χ0) is 12.4. The van der Waals surface area contributed by atoms with Crippen LogP contribution < -0.4 is 10.6 Å². The minimum Gasteiger partial charge on any atom is -0.374 e. The molecule has 0 radical (unpaired) electrons. The molecule has 1 aliphatic heterocycles. The lowest BCUT2D eigenvalue weighted by molar-refractivity contribution is -0.116. The first kappa shape index (κ1) is 10.8. The van der Waals surface area contributed by atoms with Crippen molar-refractivity contribution in [3.8, 4) is 0 Å². The van der Waals surface area contributed by atoms with Crippen molar-refractivity contribution in [1.29, 1.82) is 0 Å². The number of pyridine rings is 1. The average Bonchev–Trinajstić information content (AvgIpc) is 2.57. The lowest BCUT2D eigenvalue weighted by atomic mass is 10.1. The van der Waals surface area contributed by atoms with E-state index >= 15 is 0 Å². The van der Waals surface area contributed by atoms with Crippen LogP contribution in [-0.4, -0.2) is 10.9 Å². The lowest BCUT2D eigenvalue weighted by Gasteiger charge is -2.15. The number of carbonyl (C=O) groups is 1. The van der Waals surface area contributed by atoms with E-state index in [1.54, 1.807) is 6.20 Å². The molecule has 3 rings (SSSR count). The molecule has 18 heavy (non-hydrogen) atoms. The minimum atomic E-state index is -0.0881. The van der Waals surface area contributed by atoms with Crippen molar-refractivity contribution in [1.82, 2.24) is 4.98 Å². The number of carbonyl (C=O) groups excluding carboxylic acids is 1. The normalized spacial score (nSPS) is 18.2. The summed E-state index contributed by atoms with van der Waals surface area (Å²) in [5.41, 5.74) is 2.63. The third-order valence-corrected chi connectivity index (χ3v) is 2.97. The van der Waals surface area contributed by atoms with Gasteiger partial charge in [-0.1, -0.05) is 18.2 Å². The van der Waals surface area contributed by atoms with E-state index < -0.39 is 0 Å². The van der Waals surface area contributed by atoms with Gasteiger partial charge in [-0.15, -0.1) is 0 Å². The van der Waals surface area contributed by atoms with Gasteiger partial charge in [-0.2, -0.15) is 0 Å². The van der Waals surface area contributed by atoms with Gasteiger partial charge in [0.25, 0.3) is 0 Å². The number of fused-ring (bicyclic) bond motifs is 1. The zero-order valence-electron chi connectivity index (χ0n) is 9.76. The molecule has 1 atom stereocenters. The fraction of sp³-hybridized carbons (Fsp3) is 0.143. The lowest BCUT2D eigenvalue weighted by Crippen LogP contribution is -2.16. The predicted molar refractivity (Wildman–Crippen MR) is 70.3 cm³/mol. The molecule has 1 unspecified atom stereocenters. The summed E-state index contributed by atoms with van der Waals surface area (Å²) >= 11 is 0. The number of nitrogens with one attached hydrogen (secondary N) is 2. The molecule has 4 heteroatoms. The molecule has 0 saturated carbocycles. The summed E-state index contributed by atoms with van der Waals surface area (Å²) < 4.78 is 0. The first-order valence-electron chi connectivity index (χ1n) is 5.89. The van der Waals surface area contributed by atoms with Crippen LogP contribution in [0, 0.1) is 0 Å². The van der Waals surface area contributed by atoms with Gasteiger partial charge in [0.05, 0.1) is 29.5 Å². The van der Waals surface area contributed by atoms with Gasteiger partial charge in [-0.25, -0.2) is 0 Å². The van der Waals surface area contributed by atoms with Crippen LogP contribution in [0.4, 0.5) is 11.4 Å². The molecule has 1 aliphatic rings. The number of aromatic nitrogens is 1. The second kappa shape index (κ2) is 4.49. The van der Waals surface area contributed by atoms with E-state index in [9.17, 15) is 4.79 Å². The molecule has 2 N–H and O–H groups in total. The summed E-state index contributed by atoms with van der Waals surface area (Å²) in [6, 6.07) is 13.3. The maximum atomic E-state index is 11.9. The van der Waals surface area contributed by atoms with Crippen LogP contribution in [0.15, 0.2) is 48.7 Å². The minimum absolute atomic E-state index is 0.00287. The number of anilines is 2. The number of amides is 1. The van der Waals surface area contributed by atoms with Gasteiger partial charge in [-0.3, -0.25) is 9.78 Å². The molecule has 0 bridgehead atoms. The molecule has 1 aromatic carbocycles. The molecule has 2 heterocycles. The molecule has 0 spiro atoms. The van der Waals surface area contributed by atoms with Crippen molar-refractivity contribution in [2.45, 2.75) is 12.5 Å². The maximum absolute atomic E-state index is 11.9. The highest BCUT2D eigenvalue weighted by atomic mass is 16.1. The Bertz CT molecular complexity index is 568. The molecule has 0 aliphatic carbocycles. The van der Waals surface area contributed by atoms with Gasteiger partial charge >= 0.3 is 0 Å². The van der Waals surface area contributed by atoms with E-state index in [1.807, 2.05) is 42.5 Å². The molecule has 4 nitrogen and oxygen atoms in total. The van der Waals surface area contributed by atoms with Crippen molar-refractivity contribution >= 4 is 17.3 Å². The van der Waals surface area contributed by atoms with Crippen LogP contribution in [0.2, 0.25) is 0 Å². The molecule has 90 valence electrons. The zero-order valence-corrected chi connectivity index (χ0v) is 9.76. The number of para-hydroxylation sites is 2. The standard InChI is InChI=1S/C14H13N3O/c18-14-9-13(10-5-3-4-8-15-10)16-11-6-1-2-7-12(11)17-14/h1-8,13,16H,9H2,(H,17,18). The molecule has 1 aromatic heterocycles. The van der Waals surface area contributed by atoms with Crippen LogP contribution in [0.1, 0.15) is 18.2 Å². The summed E-state index contributed by atoms with van der Waals surface area (Å²) in [6.07, 6.45) is 2.12. The van der Waals surface area contributed by atoms with Gasteiger partial charge in [0.1, 0.15) is 0 Å². The van der Waals surface area contributed by atoms with E-state index in [0.29, 0.717) is 6.42 Å². The third-order valence-electron chi connectivity index (χ3n) is 2.97. The van der Waals surface area contributed by atoms with Gasteiger partial charge in [0.2, 0.25) is 5.91 Å². The van der Waals surface area contributed by atoms with E-state index in [1.165, 1.54) is 0 Å². The van der Waals surface area contributed by atoms with E-state index in [-0.39, 0.29) is 11.9 Å². The Morgan fingerprint density at radius 1 is 1.06 bits per heavy atom. The number of benzene rings is 1. The predicted octanol–water partition coefficient (Wildman–Crippen LogP) is 2.58. The van der Waals surface area contributed by atoms with Crippen LogP contribution in [0.5, 0.6) is 0 Å². The Morgan fingerprint density at radius 2 is 1.83 bits per heavy atom. The fourth-order valence-corrected chi connectivity index (χ4v) is 2.10. The summed E-state index contributed by atoms with van der Waals surface area (Å²) in [6.45, 7) is 0. The average molecular weight is 239 g/mol. The van der Waals surface area contributed by atoms with Gasteiger partial charge in [-0.05, 0) is 24.3 Å². The third kappa shape index (κ3) is 2.05. The van der Waals surface area contributed by atoms with Gasteiger partial charge < -0.3 is 10.6 Å². The summed E-state index contributed by atoms with van der Waals surface area (Å²) in [4.78, 5) is 16.2. The highest BCUT2D eigenvalue weighted by molar-refractivity contribution is 5.96. The van der Waals surface area contributed by atoms with Crippen molar-refractivity contribution in [3.05, 3.63) is 54.4 Å². The second-order valence-corrected chi connectivity index (χ2v) is 4.25. The number of hydrogen-bond donors (Lipinski definition) is 2. The van der Waals surface area contributed by atoms with Crippen molar-refractivity contribution in [3.63, 3.8) is 0 Å². The number of nitrogens with zero attached hydrogens (tertiary/aromatic N) is 1. The highest BCUT2D eigenvalue weighted by Gasteiger charge is 2.22. The van der Waals surface area contributed by atoms with E-state index in [0.717, 1.165) is 17.1 Å². The van der Waals surface area contributed by atoms with Crippen molar-refractivity contribution in [2.24, 2.45) is 0 Å². The Hall–Kier alpha value is -2.36. The van der Waals surface area contributed by atoms with Crippen molar-refractivity contribution in [2.75, 3.05) is 10.6 Å². The smallest absolute Gasteiger partial charge is 0.226 e. The molecule has 0 saturated heterocycles. The number of rotatable bonds is 1. The highest BCUT2D eigenvalue weighted by Crippen LogP contribution is 2.30. The molecular weight excluding hydrogens is 226 g/mol. The molecule has 1 amide bonds. The molecule has 0 fully saturated rings. The van der Waals surface area contributed by atoms with Gasteiger partial charge in [0, 0.05) is 6.20 Å². The Morgan fingerprint density at radius 3 is 2.61 bits per heavy atom. The van der Waals surface area contributed by atoms with Gasteiger partial charge in [0.15, 0.2) is 0 Å². The fourth-order valence-electron chi connectivity index (χ4n) is 2.10. The topological polar surface area (TPSA) is 54.0 Å². The van der Waals surface area contributed by atoms with Crippen LogP contribution in [0.3, 0.4) is 0 Å². The van der Waals surface area contributed by atoms with Crippen LogP contribution in [-0.2, 0) is 4.79 Å². The molecular formula is C14H13N3O. The first-order valence-corrected chi connectivity index (χ1v) is 5.89. The van der Waals surface area contributed by atoms with Crippen LogP contribution in [0.25, 0.3) is 0 Å². The monoisotopic (exact) mass is 239 g/mol. The summed E-state index contributed by atoms with van der Waals surface area (Å²) in [5.74, 6) is 0.00287. The summed E-state index contributed by atoms with van der Waals surface area (Å²) in [7, 11) is 0. The summed E-state index contributed by atoms with van der Waals surface area (Å²) in [5, 5.41) is 6.25. The quantitative estimate of drug-likeness (QED) is 0.804. The largest absolute Gasteiger partial charge is 0.374 e. The van der Waals surface area contributed by atoms with E-state index in [4.69, 9.17) is 0 Å². The number of hydrogen-bond acceptors (Lipinski definition) is 3. The maximum Gasteiger partial charge on any atom is 0.226 e. The Balaban J connectivity index is 1.97. The van der Waals surface area contributed by atoms with Crippen molar-refractivity contribution < 1.29 is 4.79 Å². The first-order chi connectivity index (χ1) is 8.83. The SMILES string of the molecule is O=C1CC(c2ccccn2)Nc2ccccc2N1. The Labute approximate surface area is 105 Å².